The second kappa shape index (κ2) is 4.29. The van der Waals surface area contributed by atoms with Gasteiger partial charge in [-0.2, -0.15) is 0 Å². The number of hydrogen-bond acceptors (Lipinski definition) is 0. The minimum atomic E-state index is 0.646. The first-order chi connectivity index (χ1) is 7.58. The Morgan fingerprint density at radius 3 is 2.19 bits per heavy atom. The summed E-state index contributed by atoms with van der Waals surface area (Å²) in [6.07, 6.45) is 3.52. The van der Waals surface area contributed by atoms with Crippen LogP contribution in [0.5, 0.6) is 0 Å². The number of rotatable bonds is 1. The molecule has 1 aromatic rings. The first-order valence-corrected chi connectivity index (χ1v) is 6.03. The summed E-state index contributed by atoms with van der Waals surface area (Å²) in [4.78, 5) is 0. The molecule has 1 aliphatic rings. The van der Waals surface area contributed by atoms with Crippen molar-refractivity contribution in [2.24, 2.45) is 5.92 Å². The molecule has 0 amide bonds. The van der Waals surface area contributed by atoms with E-state index in [0.29, 0.717) is 5.92 Å². The second-order valence-corrected chi connectivity index (χ2v) is 5.06. The van der Waals surface area contributed by atoms with Crippen LogP contribution in [-0.4, -0.2) is 0 Å². The third-order valence-electron chi connectivity index (χ3n) is 3.37. The number of allylic oxidation sites excluding steroid dienone is 4. The van der Waals surface area contributed by atoms with Gasteiger partial charge in [0.2, 0.25) is 0 Å². The van der Waals surface area contributed by atoms with Crippen LogP contribution in [-0.2, 0) is 0 Å². The van der Waals surface area contributed by atoms with E-state index in [1.807, 2.05) is 0 Å². The van der Waals surface area contributed by atoms with Crippen LogP contribution in [0.15, 0.2) is 41.5 Å². The topological polar surface area (TPSA) is 0 Å². The monoisotopic (exact) mass is 212 g/mol. The predicted octanol–water partition coefficient (Wildman–Crippen LogP) is 4.75. The van der Waals surface area contributed by atoms with Crippen molar-refractivity contribution in [3.63, 3.8) is 0 Å². The molecule has 1 atom stereocenters. The summed E-state index contributed by atoms with van der Waals surface area (Å²) < 4.78 is 0. The third-order valence-corrected chi connectivity index (χ3v) is 3.37. The number of benzene rings is 1. The van der Waals surface area contributed by atoms with Gasteiger partial charge in [0.05, 0.1) is 0 Å². The van der Waals surface area contributed by atoms with Crippen LogP contribution >= 0.6 is 0 Å². The van der Waals surface area contributed by atoms with Crippen molar-refractivity contribution in [1.29, 1.82) is 0 Å². The summed E-state index contributed by atoms with van der Waals surface area (Å²) in [6.45, 7) is 8.93. The third kappa shape index (κ3) is 2.11. The van der Waals surface area contributed by atoms with Crippen LogP contribution in [0.25, 0.3) is 5.57 Å². The highest BCUT2D eigenvalue weighted by Crippen LogP contribution is 2.35. The Morgan fingerprint density at radius 2 is 1.62 bits per heavy atom. The Kier molecular flexibility index (Phi) is 3.00. The van der Waals surface area contributed by atoms with E-state index in [1.165, 1.54) is 34.3 Å². The van der Waals surface area contributed by atoms with E-state index in [0.717, 1.165) is 0 Å². The zero-order chi connectivity index (χ0) is 11.7. The molecule has 16 heavy (non-hydrogen) atoms. The molecule has 0 bridgehead atoms. The maximum atomic E-state index is 2.33. The Morgan fingerprint density at radius 1 is 1.00 bits per heavy atom. The summed E-state index contributed by atoms with van der Waals surface area (Å²) in [6, 6.07) is 8.90. The first-order valence-electron chi connectivity index (χ1n) is 6.03. The van der Waals surface area contributed by atoms with Crippen molar-refractivity contribution >= 4 is 5.57 Å². The normalized spacial score (nSPS) is 21.0. The van der Waals surface area contributed by atoms with Gasteiger partial charge < -0.3 is 0 Å². The van der Waals surface area contributed by atoms with Gasteiger partial charge in [-0.3, -0.25) is 0 Å². The Hall–Kier alpha value is -1.30. The van der Waals surface area contributed by atoms with Crippen LogP contribution in [0.1, 0.15) is 38.3 Å². The molecule has 84 valence electrons. The van der Waals surface area contributed by atoms with Crippen molar-refractivity contribution in [2.75, 3.05) is 0 Å². The van der Waals surface area contributed by atoms with Crippen LogP contribution in [0, 0.1) is 12.8 Å². The fourth-order valence-electron chi connectivity index (χ4n) is 2.73. The van der Waals surface area contributed by atoms with Gasteiger partial charge >= 0.3 is 0 Å². The first kappa shape index (κ1) is 11.2. The SMILES string of the molecule is CC1=CC(C)=C(c2ccc(C)cc2)[C@@H](C)C1. The number of aryl methyl sites for hydroxylation is 1. The van der Waals surface area contributed by atoms with Gasteiger partial charge in [-0.05, 0) is 49.8 Å². The summed E-state index contributed by atoms with van der Waals surface area (Å²) in [5.74, 6) is 0.646. The molecular weight excluding hydrogens is 192 g/mol. The van der Waals surface area contributed by atoms with Gasteiger partial charge in [-0.25, -0.2) is 0 Å². The molecule has 0 heteroatoms. The summed E-state index contributed by atoms with van der Waals surface area (Å²) in [5.41, 5.74) is 7.17. The quantitative estimate of drug-likeness (QED) is 0.630. The van der Waals surface area contributed by atoms with E-state index in [9.17, 15) is 0 Å². The largest absolute Gasteiger partial charge is 0.0725 e. The van der Waals surface area contributed by atoms with E-state index in [4.69, 9.17) is 0 Å². The van der Waals surface area contributed by atoms with Crippen LogP contribution in [0.2, 0.25) is 0 Å². The van der Waals surface area contributed by atoms with E-state index >= 15 is 0 Å². The van der Waals surface area contributed by atoms with Gasteiger partial charge in [-0.1, -0.05) is 48.4 Å². The molecule has 0 spiro atoms. The van der Waals surface area contributed by atoms with Gasteiger partial charge in [0.1, 0.15) is 0 Å². The molecule has 0 N–H and O–H groups in total. The van der Waals surface area contributed by atoms with Gasteiger partial charge in [-0.15, -0.1) is 0 Å². The Balaban J connectivity index is 2.46. The minimum absolute atomic E-state index is 0.646. The molecule has 1 aliphatic carbocycles. The fourth-order valence-corrected chi connectivity index (χ4v) is 2.73. The van der Waals surface area contributed by atoms with Gasteiger partial charge in [0.25, 0.3) is 0 Å². The van der Waals surface area contributed by atoms with Crippen LogP contribution < -0.4 is 0 Å². The average molecular weight is 212 g/mol. The molecule has 0 nitrogen and oxygen atoms in total. The van der Waals surface area contributed by atoms with Crippen molar-refractivity contribution in [2.45, 2.75) is 34.1 Å². The molecule has 1 aromatic carbocycles. The Labute approximate surface area is 98.7 Å². The van der Waals surface area contributed by atoms with Crippen molar-refractivity contribution in [1.82, 2.24) is 0 Å². The van der Waals surface area contributed by atoms with E-state index in [-0.39, 0.29) is 0 Å². The average Bonchev–Trinajstić information content (AvgIpc) is 2.19. The summed E-state index contributed by atoms with van der Waals surface area (Å²) in [5, 5.41) is 0. The van der Waals surface area contributed by atoms with Crippen LogP contribution in [0.3, 0.4) is 0 Å². The van der Waals surface area contributed by atoms with E-state index in [2.05, 4.69) is 58.0 Å². The molecule has 0 radical (unpaired) electrons. The van der Waals surface area contributed by atoms with Gasteiger partial charge in [0.15, 0.2) is 0 Å². The van der Waals surface area contributed by atoms with Gasteiger partial charge in [0, 0.05) is 0 Å². The molecular formula is C16H20. The van der Waals surface area contributed by atoms with E-state index in [1.54, 1.807) is 0 Å². The molecule has 0 unspecified atom stereocenters. The molecule has 0 aliphatic heterocycles. The Bertz CT molecular complexity index is 443. The summed E-state index contributed by atoms with van der Waals surface area (Å²) in [7, 11) is 0. The van der Waals surface area contributed by atoms with Crippen LogP contribution in [0.4, 0.5) is 0 Å². The molecule has 2 rings (SSSR count). The van der Waals surface area contributed by atoms with E-state index < -0.39 is 0 Å². The lowest BCUT2D eigenvalue weighted by Gasteiger charge is -2.24. The lowest BCUT2D eigenvalue weighted by Crippen LogP contribution is -2.06. The maximum Gasteiger partial charge on any atom is -0.0145 e. The highest BCUT2D eigenvalue weighted by Gasteiger charge is 2.17. The summed E-state index contributed by atoms with van der Waals surface area (Å²) >= 11 is 0. The number of hydrogen-bond donors (Lipinski definition) is 0. The molecule has 0 fully saturated rings. The van der Waals surface area contributed by atoms with Crippen molar-refractivity contribution < 1.29 is 0 Å². The smallest absolute Gasteiger partial charge is 0.0145 e. The van der Waals surface area contributed by atoms with Crippen molar-refractivity contribution in [3.8, 4) is 0 Å². The second-order valence-electron chi connectivity index (χ2n) is 5.06. The fraction of sp³-hybridized carbons (Fsp3) is 0.375. The standard InChI is InChI=1S/C16H20/c1-11-5-7-15(8-6-11)16-13(3)9-12(2)10-14(16)4/h5-9,14H,10H2,1-4H3/t14-/m0/s1. The van der Waals surface area contributed by atoms with Crippen molar-refractivity contribution in [3.05, 3.63) is 52.6 Å². The maximum absolute atomic E-state index is 2.33. The highest BCUT2D eigenvalue weighted by atomic mass is 14.2. The lowest BCUT2D eigenvalue weighted by molar-refractivity contribution is 0.721. The highest BCUT2D eigenvalue weighted by molar-refractivity contribution is 5.73. The molecule has 0 heterocycles. The minimum Gasteiger partial charge on any atom is -0.0725 e. The predicted molar refractivity (Wildman–Crippen MR) is 71.3 cm³/mol. The zero-order valence-electron chi connectivity index (χ0n) is 10.7. The molecule has 0 saturated carbocycles. The molecule has 0 aromatic heterocycles. The zero-order valence-corrected chi connectivity index (χ0v) is 10.7. The molecule has 0 saturated heterocycles. The lowest BCUT2D eigenvalue weighted by atomic mass is 9.81.